The maximum Gasteiger partial charge on any atom is 0.410 e. The number of amides is 1. The summed E-state index contributed by atoms with van der Waals surface area (Å²) in [5, 5.41) is 13.5. The maximum atomic E-state index is 17.4. The van der Waals surface area contributed by atoms with Gasteiger partial charge < -0.3 is 35.1 Å². The van der Waals surface area contributed by atoms with E-state index in [1.165, 1.54) is 13.2 Å². The number of hydrogen-bond acceptors (Lipinski definition) is 12. The molecule has 0 radical (unpaired) electrons. The average Bonchev–Trinajstić information content (AvgIpc) is 3.94. The molecule has 9 rings (SSSR count). The molecule has 58 heavy (non-hydrogen) atoms. The Labute approximate surface area is 333 Å². The fourth-order valence-electron chi connectivity index (χ4n) is 9.20. The molecule has 2 bridgehead atoms. The molecule has 4 aromatic rings. The van der Waals surface area contributed by atoms with E-state index in [0.717, 1.165) is 40.7 Å². The Balaban J connectivity index is 1.12. The molecule has 18 heteroatoms. The highest BCUT2D eigenvalue weighted by Crippen LogP contribution is 2.48. The Bertz CT molecular complexity index is 2430. The average molecular weight is 823 g/mol. The number of hydrogen-bond donors (Lipinski definition) is 2. The van der Waals surface area contributed by atoms with Gasteiger partial charge in [-0.15, -0.1) is 11.3 Å². The third-order valence-electron chi connectivity index (χ3n) is 11.9. The predicted octanol–water partition coefficient (Wildman–Crippen LogP) is 6.52. The van der Waals surface area contributed by atoms with Gasteiger partial charge in [0.2, 0.25) is 0 Å². The number of anilines is 2. The SMILES string of the molecule is C=C1C=CC(Oc2nc(N3CC4CCC(C3)N4)c3c(OC)c(F)c(-c4ccc(F)c5sc(N)c(C#N)c45)c(F)c3n2)[C@H]2CC[C@@H](COC(=O)N3CCC(F)(F)C3)N2C1. The molecule has 1 amide bonds. The van der Waals surface area contributed by atoms with E-state index in [9.17, 15) is 18.8 Å². The highest BCUT2D eigenvalue weighted by molar-refractivity contribution is 7.23. The summed E-state index contributed by atoms with van der Waals surface area (Å²) in [5.74, 6) is -5.93. The summed E-state index contributed by atoms with van der Waals surface area (Å²) in [4.78, 5) is 27.2. The van der Waals surface area contributed by atoms with E-state index in [1.807, 2.05) is 23.1 Å². The van der Waals surface area contributed by atoms with Gasteiger partial charge >= 0.3 is 12.1 Å². The molecule has 5 aliphatic heterocycles. The predicted molar refractivity (Wildman–Crippen MR) is 207 cm³/mol. The van der Waals surface area contributed by atoms with E-state index in [-0.39, 0.29) is 92.0 Å². The first kappa shape index (κ1) is 38.3. The lowest BCUT2D eigenvalue weighted by atomic mass is 9.96. The number of rotatable bonds is 7. The highest BCUT2D eigenvalue weighted by atomic mass is 32.1. The van der Waals surface area contributed by atoms with Gasteiger partial charge in [-0.05, 0) is 49.0 Å². The second-order valence-corrected chi connectivity index (χ2v) is 16.6. The molecule has 12 nitrogen and oxygen atoms in total. The van der Waals surface area contributed by atoms with Crippen molar-refractivity contribution in [3.05, 3.63) is 59.5 Å². The van der Waals surface area contributed by atoms with Gasteiger partial charge in [-0.3, -0.25) is 4.90 Å². The number of thiophene rings is 1. The number of fused-ring (bicyclic) bond motifs is 5. The molecule has 7 heterocycles. The lowest BCUT2D eigenvalue weighted by Crippen LogP contribution is -2.51. The van der Waals surface area contributed by atoms with Crippen LogP contribution in [0.5, 0.6) is 11.8 Å². The molecular weight excluding hydrogens is 784 g/mol. The van der Waals surface area contributed by atoms with Crippen LogP contribution in [0.3, 0.4) is 0 Å². The maximum absolute atomic E-state index is 17.4. The minimum atomic E-state index is -2.94. The van der Waals surface area contributed by atoms with E-state index in [1.54, 1.807) is 0 Å². The molecule has 5 aliphatic rings. The van der Waals surface area contributed by atoms with Crippen molar-refractivity contribution in [2.24, 2.45) is 0 Å². The number of nitrogens with zero attached hydrogens (tertiary/aromatic N) is 6. The van der Waals surface area contributed by atoms with Crippen LogP contribution in [0.2, 0.25) is 0 Å². The van der Waals surface area contributed by atoms with Gasteiger partial charge in [0.25, 0.3) is 5.92 Å². The minimum Gasteiger partial charge on any atom is -0.493 e. The van der Waals surface area contributed by atoms with E-state index in [4.69, 9.17) is 24.9 Å². The Morgan fingerprint density at radius 1 is 1.12 bits per heavy atom. The number of alkyl halides is 2. The van der Waals surface area contributed by atoms with Crippen LogP contribution in [0.25, 0.3) is 32.1 Å². The van der Waals surface area contributed by atoms with E-state index in [2.05, 4.69) is 21.8 Å². The van der Waals surface area contributed by atoms with Crippen LogP contribution in [-0.4, -0.2) is 108 Å². The largest absolute Gasteiger partial charge is 0.493 e. The third kappa shape index (κ3) is 6.52. The first-order valence-electron chi connectivity index (χ1n) is 19.1. The standard InChI is InChI=1S/C40H39F5N8O4S/c1-19-3-10-27(26-9-6-22(53(26)14-19)17-56-39(54)51-12-11-40(44,45)18-51)57-38-49-33-30(37(50-38)52-15-20-4-5-21(16-52)48-20)34(55-2)32(43)29(31(33)42)23-7-8-25(41)35-28(23)24(13-46)36(47)58-35/h3,7-8,10,20-22,26-27,48H,1,4-6,9,11-12,14-18,47H2,2H3/t20?,21?,22-,26+,27?/m0/s1. The molecule has 0 saturated carbocycles. The van der Waals surface area contributed by atoms with Crippen molar-refractivity contribution < 1.29 is 41.0 Å². The first-order valence-corrected chi connectivity index (χ1v) is 19.9. The van der Waals surface area contributed by atoms with E-state index >= 15 is 13.2 Å². The fourth-order valence-corrected chi connectivity index (χ4v) is 10.2. The van der Waals surface area contributed by atoms with Crippen molar-refractivity contribution in [1.82, 2.24) is 25.1 Å². The number of likely N-dealkylation sites (tertiary alicyclic amines) is 1. The summed E-state index contributed by atoms with van der Waals surface area (Å²) >= 11 is 0.808. The second kappa shape index (κ2) is 14.5. The monoisotopic (exact) mass is 822 g/mol. The third-order valence-corrected chi connectivity index (χ3v) is 12.9. The summed E-state index contributed by atoms with van der Waals surface area (Å²) in [6, 6.07) is 3.70. The molecule has 4 fully saturated rings. The number of ether oxygens (including phenoxy) is 3. The summed E-state index contributed by atoms with van der Waals surface area (Å²) in [6.45, 7) is 4.76. The van der Waals surface area contributed by atoms with Gasteiger partial charge in [-0.2, -0.15) is 15.2 Å². The Morgan fingerprint density at radius 2 is 1.90 bits per heavy atom. The molecule has 2 aromatic heterocycles. The number of nitrogens with two attached hydrogens (primary N) is 1. The molecule has 0 spiro atoms. The molecule has 2 aromatic carbocycles. The number of halogens is 5. The van der Waals surface area contributed by atoms with Gasteiger partial charge in [0, 0.05) is 56.1 Å². The second-order valence-electron chi connectivity index (χ2n) is 15.6. The van der Waals surface area contributed by atoms with Crippen LogP contribution in [-0.2, 0) is 4.74 Å². The number of carbonyl (C=O) groups excluding carboxylic acids is 1. The molecule has 0 aliphatic carbocycles. The zero-order valence-corrected chi connectivity index (χ0v) is 32.2. The quantitative estimate of drug-likeness (QED) is 0.197. The van der Waals surface area contributed by atoms with Crippen LogP contribution < -0.4 is 25.4 Å². The number of carbonyl (C=O) groups is 1. The van der Waals surface area contributed by atoms with Gasteiger partial charge in [0.15, 0.2) is 17.4 Å². The van der Waals surface area contributed by atoms with Crippen LogP contribution in [0.1, 0.15) is 37.7 Å². The number of benzene rings is 2. The molecular formula is C40H39F5N8O4S. The van der Waals surface area contributed by atoms with E-state index in [0.29, 0.717) is 32.5 Å². The summed E-state index contributed by atoms with van der Waals surface area (Å²) in [7, 11) is 1.25. The van der Waals surface area contributed by atoms with Crippen molar-refractivity contribution >= 4 is 49.2 Å². The smallest absolute Gasteiger partial charge is 0.410 e. The van der Waals surface area contributed by atoms with Crippen LogP contribution >= 0.6 is 11.3 Å². The van der Waals surface area contributed by atoms with Crippen LogP contribution in [0.4, 0.5) is 37.6 Å². The van der Waals surface area contributed by atoms with Gasteiger partial charge in [0.1, 0.15) is 40.9 Å². The first-order chi connectivity index (χ1) is 27.8. The zero-order valence-electron chi connectivity index (χ0n) is 31.4. The lowest BCUT2D eigenvalue weighted by molar-refractivity contribution is 0.00839. The minimum absolute atomic E-state index is 0.00259. The zero-order chi connectivity index (χ0) is 40.6. The van der Waals surface area contributed by atoms with Gasteiger partial charge in [-0.25, -0.2) is 26.7 Å². The van der Waals surface area contributed by atoms with Crippen molar-refractivity contribution in [2.45, 2.75) is 68.3 Å². The Morgan fingerprint density at radius 3 is 2.60 bits per heavy atom. The van der Waals surface area contributed by atoms with Gasteiger partial charge in [-0.1, -0.05) is 18.7 Å². The highest BCUT2D eigenvalue weighted by Gasteiger charge is 2.44. The number of nitriles is 1. The van der Waals surface area contributed by atoms with Crippen LogP contribution in [0, 0.1) is 28.8 Å². The summed E-state index contributed by atoms with van der Waals surface area (Å²) in [6.07, 6.45) is 4.75. The van der Waals surface area contributed by atoms with Crippen molar-refractivity contribution in [3.63, 3.8) is 0 Å². The topological polar surface area (TPSA) is 142 Å². The Kier molecular flexibility index (Phi) is 9.59. The number of nitrogen functional groups attached to an aromatic ring is 1. The van der Waals surface area contributed by atoms with Crippen molar-refractivity contribution in [1.29, 1.82) is 5.26 Å². The molecule has 5 atom stereocenters. The van der Waals surface area contributed by atoms with E-state index < -0.39 is 54.1 Å². The van der Waals surface area contributed by atoms with Gasteiger partial charge in [0.05, 0.1) is 40.9 Å². The number of piperazine rings is 1. The molecule has 304 valence electrons. The lowest BCUT2D eigenvalue weighted by Gasteiger charge is -2.35. The molecule has 4 saturated heterocycles. The summed E-state index contributed by atoms with van der Waals surface area (Å²) in [5.41, 5.74) is 5.73. The Hall–Kier alpha value is -5.25. The normalized spacial score (nSPS) is 25.3. The fraction of sp³-hybridized carbons (Fsp3) is 0.450. The summed E-state index contributed by atoms with van der Waals surface area (Å²) < 4.78 is 94.7. The number of aromatic nitrogens is 2. The molecule has 3 unspecified atom stereocenters. The number of nitrogens with one attached hydrogen (secondary N) is 1. The van der Waals surface area contributed by atoms with Crippen molar-refractivity contribution in [2.75, 3.05) is 57.1 Å². The molecule has 3 N–H and O–H groups in total. The number of methoxy groups -OCH3 is 1. The van der Waals surface area contributed by atoms with Crippen molar-refractivity contribution in [3.8, 4) is 29.0 Å². The van der Waals surface area contributed by atoms with Crippen LogP contribution in [0.15, 0.2) is 36.4 Å².